The van der Waals surface area contributed by atoms with Gasteiger partial charge in [-0.3, -0.25) is 5.10 Å². The number of anilines is 2. The van der Waals surface area contributed by atoms with Crippen LogP contribution in [0.25, 0.3) is 11.3 Å². The lowest BCUT2D eigenvalue weighted by Crippen LogP contribution is -2.34. The number of benzene rings is 1. The Morgan fingerprint density at radius 1 is 1.04 bits per heavy atom. The molecule has 0 unspecified atom stereocenters. The Morgan fingerprint density at radius 3 is 2.65 bits per heavy atom. The fourth-order valence-electron chi connectivity index (χ4n) is 2.85. The van der Waals surface area contributed by atoms with Gasteiger partial charge in [-0.15, -0.1) is 0 Å². The van der Waals surface area contributed by atoms with E-state index in [2.05, 4.69) is 30.8 Å². The van der Waals surface area contributed by atoms with E-state index in [4.69, 9.17) is 16.3 Å². The molecule has 0 bridgehead atoms. The number of aromatic amines is 1. The van der Waals surface area contributed by atoms with Crippen LogP contribution in [-0.2, 0) is 0 Å². The second kappa shape index (κ2) is 7.72. The molecule has 1 aromatic carbocycles. The summed E-state index contributed by atoms with van der Waals surface area (Å²) >= 11 is 5.93. The highest BCUT2D eigenvalue weighted by molar-refractivity contribution is 6.30. The predicted molar refractivity (Wildman–Crippen MR) is 101 cm³/mol. The van der Waals surface area contributed by atoms with Gasteiger partial charge in [0.2, 0.25) is 5.88 Å². The third-order valence-corrected chi connectivity index (χ3v) is 4.46. The molecule has 3 N–H and O–H groups in total. The Hall–Kier alpha value is -2.64. The Balaban J connectivity index is 1.44. The van der Waals surface area contributed by atoms with Gasteiger partial charge in [-0.2, -0.15) is 5.10 Å². The number of aromatic nitrogens is 4. The molecule has 1 aliphatic heterocycles. The summed E-state index contributed by atoms with van der Waals surface area (Å²) in [4.78, 5) is 8.44. The van der Waals surface area contributed by atoms with Gasteiger partial charge in [0.15, 0.2) is 5.82 Å². The first-order chi connectivity index (χ1) is 12.8. The molecular formula is C18H19ClN6O. The van der Waals surface area contributed by atoms with Crippen molar-refractivity contribution in [2.24, 2.45) is 0 Å². The molecule has 3 aromatic rings. The highest BCUT2D eigenvalue weighted by Gasteiger charge is 2.15. The van der Waals surface area contributed by atoms with Crippen LogP contribution in [0.3, 0.4) is 0 Å². The van der Waals surface area contributed by atoms with E-state index in [9.17, 15) is 0 Å². The normalized spacial score (nSPS) is 15.0. The number of hydrogen-bond acceptors (Lipinski definition) is 6. The van der Waals surface area contributed by atoms with Crippen molar-refractivity contribution in [2.45, 2.75) is 18.9 Å². The van der Waals surface area contributed by atoms with Gasteiger partial charge in [0.05, 0.1) is 5.69 Å². The van der Waals surface area contributed by atoms with Crippen LogP contribution in [0.1, 0.15) is 12.8 Å². The summed E-state index contributed by atoms with van der Waals surface area (Å²) in [7, 11) is 0. The van der Waals surface area contributed by atoms with Crippen LogP contribution in [0.15, 0.2) is 42.7 Å². The van der Waals surface area contributed by atoms with Crippen molar-refractivity contribution in [3.63, 3.8) is 0 Å². The van der Waals surface area contributed by atoms with Gasteiger partial charge >= 0.3 is 0 Å². The molecule has 0 spiro atoms. The largest absolute Gasteiger partial charge is 0.474 e. The van der Waals surface area contributed by atoms with Crippen LogP contribution >= 0.6 is 11.6 Å². The van der Waals surface area contributed by atoms with Crippen LogP contribution in [-0.4, -0.2) is 39.4 Å². The molecule has 1 aliphatic rings. The number of ether oxygens (including phenoxy) is 1. The van der Waals surface area contributed by atoms with E-state index in [1.54, 1.807) is 6.07 Å². The molecule has 0 radical (unpaired) electrons. The maximum atomic E-state index is 5.95. The van der Waals surface area contributed by atoms with Crippen molar-refractivity contribution >= 4 is 23.2 Å². The molecule has 1 fully saturated rings. The first-order valence-electron chi connectivity index (χ1n) is 8.54. The topological polar surface area (TPSA) is 87.8 Å². The molecule has 134 valence electrons. The van der Waals surface area contributed by atoms with Crippen molar-refractivity contribution in [3.8, 4) is 17.1 Å². The summed E-state index contributed by atoms with van der Waals surface area (Å²) in [5, 5.41) is 14.5. The van der Waals surface area contributed by atoms with E-state index < -0.39 is 0 Å². The standard InChI is InChI=1S/C18H19ClN6O/c19-13-3-1-12(2-4-13)15-9-17(25-24-15)23-16-10-18(22-11-21-16)26-14-5-7-20-8-6-14/h1-4,9-11,14,20H,5-8H2,(H2,21,22,23,24,25). The van der Waals surface area contributed by atoms with Crippen LogP contribution in [0, 0.1) is 0 Å². The van der Waals surface area contributed by atoms with E-state index >= 15 is 0 Å². The summed E-state index contributed by atoms with van der Waals surface area (Å²) < 4.78 is 5.95. The number of nitrogens with zero attached hydrogens (tertiary/aromatic N) is 3. The average molecular weight is 371 g/mol. The molecule has 8 heteroatoms. The van der Waals surface area contributed by atoms with Crippen molar-refractivity contribution in [2.75, 3.05) is 18.4 Å². The fraction of sp³-hybridized carbons (Fsp3) is 0.278. The lowest BCUT2D eigenvalue weighted by Gasteiger charge is -2.23. The first-order valence-corrected chi connectivity index (χ1v) is 8.92. The second-order valence-corrected chi connectivity index (χ2v) is 6.54. The Morgan fingerprint density at radius 2 is 1.85 bits per heavy atom. The summed E-state index contributed by atoms with van der Waals surface area (Å²) in [6, 6.07) is 11.3. The van der Waals surface area contributed by atoms with Crippen LogP contribution in [0.2, 0.25) is 5.02 Å². The van der Waals surface area contributed by atoms with E-state index in [1.807, 2.05) is 30.3 Å². The van der Waals surface area contributed by atoms with Crippen molar-refractivity contribution in [3.05, 3.63) is 47.7 Å². The minimum Gasteiger partial charge on any atom is -0.474 e. The quantitative estimate of drug-likeness (QED) is 0.638. The highest BCUT2D eigenvalue weighted by Crippen LogP contribution is 2.24. The molecule has 1 saturated heterocycles. The lowest BCUT2D eigenvalue weighted by atomic mass is 10.1. The SMILES string of the molecule is Clc1ccc(-c2cc(Nc3cc(OC4CCNCC4)ncn3)n[nH]2)cc1. The highest BCUT2D eigenvalue weighted by atomic mass is 35.5. The van der Waals surface area contributed by atoms with E-state index in [0.29, 0.717) is 22.5 Å². The van der Waals surface area contributed by atoms with Gasteiger partial charge in [-0.1, -0.05) is 23.7 Å². The lowest BCUT2D eigenvalue weighted by molar-refractivity contribution is 0.156. The summed E-state index contributed by atoms with van der Waals surface area (Å²) in [6.45, 7) is 1.95. The predicted octanol–water partition coefficient (Wildman–Crippen LogP) is 3.39. The smallest absolute Gasteiger partial charge is 0.218 e. The molecule has 4 rings (SSSR count). The molecule has 3 heterocycles. The van der Waals surface area contributed by atoms with Crippen LogP contribution in [0.4, 0.5) is 11.6 Å². The fourth-order valence-corrected chi connectivity index (χ4v) is 2.98. The Bertz CT molecular complexity index is 860. The molecule has 0 atom stereocenters. The Labute approximate surface area is 156 Å². The molecule has 7 nitrogen and oxygen atoms in total. The van der Waals surface area contributed by atoms with Crippen molar-refractivity contribution < 1.29 is 4.74 Å². The van der Waals surface area contributed by atoms with Gasteiger partial charge in [-0.05, 0) is 43.6 Å². The maximum absolute atomic E-state index is 5.95. The maximum Gasteiger partial charge on any atom is 0.218 e. The zero-order valence-corrected chi connectivity index (χ0v) is 14.8. The molecule has 0 amide bonds. The van der Waals surface area contributed by atoms with Gasteiger partial charge in [0.1, 0.15) is 18.2 Å². The van der Waals surface area contributed by atoms with Gasteiger partial charge < -0.3 is 15.4 Å². The van der Waals surface area contributed by atoms with Crippen molar-refractivity contribution in [1.29, 1.82) is 0 Å². The molecule has 26 heavy (non-hydrogen) atoms. The van der Waals surface area contributed by atoms with Crippen molar-refractivity contribution in [1.82, 2.24) is 25.5 Å². The summed E-state index contributed by atoms with van der Waals surface area (Å²) in [6.07, 6.45) is 3.65. The molecule has 0 saturated carbocycles. The number of hydrogen-bond donors (Lipinski definition) is 3. The minimum atomic E-state index is 0.195. The van der Waals surface area contributed by atoms with E-state index in [0.717, 1.165) is 37.2 Å². The van der Waals surface area contributed by atoms with E-state index in [-0.39, 0.29) is 6.10 Å². The van der Waals surface area contributed by atoms with Gasteiger partial charge in [0.25, 0.3) is 0 Å². The zero-order valence-electron chi connectivity index (χ0n) is 14.1. The van der Waals surface area contributed by atoms with Gasteiger partial charge in [-0.25, -0.2) is 9.97 Å². The molecular weight excluding hydrogens is 352 g/mol. The number of piperidine rings is 1. The minimum absolute atomic E-state index is 0.195. The van der Waals surface area contributed by atoms with Gasteiger partial charge in [0, 0.05) is 17.2 Å². The zero-order chi connectivity index (χ0) is 17.8. The number of halogens is 1. The molecule has 2 aromatic heterocycles. The average Bonchev–Trinajstić information content (AvgIpc) is 3.12. The summed E-state index contributed by atoms with van der Waals surface area (Å²) in [5.41, 5.74) is 1.90. The number of nitrogens with one attached hydrogen (secondary N) is 3. The summed E-state index contributed by atoms with van der Waals surface area (Å²) in [5.74, 6) is 1.88. The van der Waals surface area contributed by atoms with Crippen LogP contribution < -0.4 is 15.4 Å². The second-order valence-electron chi connectivity index (χ2n) is 6.11. The van der Waals surface area contributed by atoms with E-state index in [1.165, 1.54) is 6.33 Å². The Kier molecular flexibility index (Phi) is 4.99. The number of H-pyrrole nitrogens is 1. The monoisotopic (exact) mass is 370 g/mol. The van der Waals surface area contributed by atoms with Crippen LogP contribution in [0.5, 0.6) is 5.88 Å². The third kappa shape index (κ3) is 4.12. The number of rotatable bonds is 5. The molecule has 0 aliphatic carbocycles. The third-order valence-electron chi connectivity index (χ3n) is 4.20. The first kappa shape index (κ1) is 16.8.